The van der Waals surface area contributed by atoms with Gasteiger partial charge in [0.25, 0.3) is 10.0 Å². The number of aliphatic carboxylic acids is 1. The van der Waals surface area contributed by atoms with Crippen LogP contribution in [0.3, 0.4) is 0 Å². The van der Waals surface area contributed by atoms with Gasteiger partial charge in [-0.25, -0.2) is 13.2 Å². The summed E-state index contributed by atoms with van der Waals surface area (Å²) in [6.45, 7) is 6.03. The Morgan fingerprint density at radius 1 is 1.12 bits per heavy atom. The van der Waals surface area contributed by atoms with Gasteiger partial charge < -0.3 is 20.1 Å². The van der Waals surface area contributed by atoms with Crippen molar-refractivity contribution in [2.24, 2.45) is 0 Å². The van der Waals surface area contributed by atoms with E-state index in [-0.39, 0.29) is 16.5 Å². The number of nitrogens with zero attached hydrogens (tertiary/aromatic N) is 2. The molecule has 0 bridgehead atoms. The molecule has 0 saturated carbocycles. The molecule has 2 heterocycles. The van der Waals surface area contributed by atoms with Crippen molar-refractivity contribution in [1.82, 2.24) is 5.32 Å². The van der Waals surface area contributed by atoms with E-state index in [0.717, 1.165) is 37.4 Å². The second kappa shape index (κ2) is 10.3. The van der Waals surface area contributed by atoms with Crippen LogP contribution < -0.4 is 19.3 Å². The molecule has 0 unspecified atom stereocenters. The number of aryl methyl sites for hydroxylation is 1. The van der Waals surface area contributed by atoms with Gasteiger partial charge in [-0.3, -0.25) is 4.31 Å². The smallest absolute Gasteiger partial charge is 0.487 e. The highest BCUT2D eigenvalue weighted by atomic mass is 35.5. The fourth-order valence-corrected chi connectivity index (χ4v) is 5.52. The Hall–Kier alpha value is -2.70. The predicted molar refractivity (Wildman–Crippen MR) is 121 cm³/mol. The van der Waals surface area contributed by atoms with Crippen molar-refractivity contribution in [3.63, 3.8) is 0 Å². The number of carbonyl (C=O) groups is 1. The quantitative estimate of drug-likeness (QED) is 0.639. The maximum atomic E-state index is 13.3. The lowest BCUT2D eigenvalue weighted by atomic mass is 10.1. The third-order valence-electron chi connectivity index (χ3n) is 5.11. The second-order valence-corrected chi connectivity index (χ2v) is 9.77. The Labute approximate surface area is 199 Å². The molecule has 1 fully saturated rings. The zero-order valence-corrected chi connectivity index (χ0v) is 19.7. The van der Waals surface area contributed by atoms with Crippen molar-refractivity contribution < 1.29 is 36.2 Å². The minimum Gasteiger partial charge on any atom is -0.487 e. The third-order valence-corrected chi connectivity index (χ3v) is 7.42. The SMILES string of the molecule is Cc1cc(N2CCNCC2)c2c(c1)N(S(=O)(=O)c1ccccc1Cl)CCO2.O=C(O)C(F)(F)F. The number of rotatable bonds is 3. The number of benzene rings is 2. The monoisotopic (exact) mass is 521 g/mol. The first-order valence-corrected chi connectivity index (χ1v) is 12.0. The van der Waals surface area contributed by atoms with Gasteiger partial charge in [0.05, 0.1) is 22.9 Å². The standard InChI is InChI=1S/C19H22ClN3O3S.C2HF3O2/c1-14-12-16(22-8-6-21-7-9-22)19-17(13-14)23(10-11-26-19)27(24,25)18-5-3-2-4-15(18)20;3-2(4,5)1(6)7/h2-5,12-13,21H,6-11H2,1H3;(H,6,7). The number of carboxylic acid groups (broad SMARTS) is 1. The summed E-state index contributed by atoms with van der Waals surface area (Å²) in [5.41, 5.74) is 2.52. The van der Waals surface area contributed by atoms with E-state index in [0.29, 0.717) is 18.0 Å². The molecule has 1 saturated heterocycles. The van der Waals surface area contributed by atoms with Gasteiger partial charge in [0.1, 0.15) is 11.5 Å². The average Bonchev–Trinajstić information content (AvgIpc) is 2.78. The molecule has 4 rings (SSSR count). The van der Waals surface area contributed by atoms with Crippen LogP contribution in [-0.4, -0.2) is 65.0 Å². The molecule has 0 spiro atoms. The largest absolute Gasteiger partial charge is 0.490 e. The van der Waals surface area contributed by atoms with E-state index in [4.69, 9.17) is 26.2 Å². The van der Waals surface area contributed by atoms with E-state index in [1.165, 1.54) is 4.31 Å². The van der Waals surface area contributed by atoms with Gasteiger partial charge >= 0.3 is 12.1 Å². The van der Waals surface area contributed by atoms with Crippen LogP contribution in [0.5, 0.6) is 5.75 Å². The van der Waals surface area contributed by atoms with Crippen molar-refractivity contribution in [2.75, 3.05) is 48.5 Å². The highest BCUT2D eigenvalue weighted by Crippen LogP contribution is 2.44. The Bertz CT molecular complexity index is 1150. The van der Waals surface area contributed by atoms with Crippen molar-refractivity contribution in [3.8, 4) is 5.75 Å². The number of ether oxygens (including phenoxy) is 1. The van der Waals surface area contributed by atoms with Crippen molar-refractivity contribution >= 4 is 39.0 Å². The molecule has 0 amide bonds. The Morgan fingerprint density at radius 3 is 2.29 bits per heavy atom. The molecule has 34 heavy (non-hydrogen) atoms. The fraction of sp³-hybridized carbons (Fsp3) is 0.381. The molecule has 0 atom stereocenters. The first-order chi connectivity index (χ1) is 15.9. The number of sulfonamides is 1. The summed E-state index contributed by atoms with van der Waals surface area (Å²) < 4.78 is 65.8. The van der Waals surface area contributed by atoms with Crippen LogP contribution in [0.2, 0.25) is 5.02 Å². The molecular weight excluding hydrogens is 499 g/mol. The summed E-state index contributed by atoms with van der Waals surface area (Å²) in [6.07, 6.45) is -5.08. The maximum absolute atomic E-state index is 13.3. The summed E-state index contributed by atoms with van der Waals surface area (Å²) >= 11 is 6.19. The Balaban J connectivity index is 0.000000406. The number of carboxylic acids is 1. The number of nitrogens with one attached hydrogen (secondary N) is 1. The highest BCUT2D eigenvalue weighted by molar-refractivity contribution is 7.93. The molecule has 0 radical (unpaired) electrons. The highest BCUT2D eigenvalue weighted by Gasteiger charge is 2.38. The zero-order chi connectivity index (χ0) is 25.1. The molecule has 2 aliphatic heterocycles. The van der Waals surface area contributed by atoms with Crippen LogP contribution in [0, 0.1) is 6.92 Å². The summed E-state index contributed by atoms with van der Waals surface area (Å²) in [5.74, 6) is -2.13. The van der Waals surface area contributed by atoms with Crippen LogP contribution in [0.4, 0.5) is 24.5 Å². The number of hydrogen-bond donors (Lipinski definition) is 2. The number of alkyl halides is 3. The molecule has 0 aliphatic carbocycles. The van der Waals surface area contributed by atoms with Crippen LogP contribution in [0.1, 0.15) is 5.56 Å². The molecule has 2 aromatic rings. The van der Waals surface area contributed by atoms with Crippen LogP contribution >= 0.6 is 11.6 Å². The maximum Gasteiger partial charge on any atom is 0.490 e. The fourth-order valence-electron chi connectivity index (χ4n) is 3.58. The van der Waals surface area contributed by atoms with Gasteiger partial charge in [0.2, 0.25) is 0 Å². The first-order valence-electron chi connectivity index (χ1n) is 10.2. The molecule has 0 aromatic heterocycles. The normalized spacial score (nSPS) is 16.1. The minimum atomic E-state index is -5.08. The Morgan fingerprint density at radius 2 is 1.71 bits per heavy atom. The van der Waals surface area contributed by atoms with Crippen molar-refractivity contribution in [1.29, 1.82) is 0 Å². The minimum absolute atomic E-state index is 0.116. The number of halogens is 4. The summed E-state index contributed by atoms with van der Waals surface area (Å²) in [4.78, 5) is 11.3. The summed E-state index contributed by atoms with van der Waals surface area (Å²) in [5, 5.41) is 10.7. The lowest BCUT2D eigenvalue weighted by Crippen LogP contribution is -2.44. The molecule has 8 nitrogen and oxygen atoms in total. The number of hydrogen-bond acceptors (Lipinski definition) is 6. The zero-order valence-electron chi connectivity index (χ0n) is 18.1. The molecule has 13 heteroatoms. The summed E-state index contributed by atoms with van der Waals surface area (Å²) in [7, 11) is -3.78. The molecule has 2 aromatic carbocycles. The van der Waals surface area contributed by atoms with Crippen LogP contribution in [0.15, 0.2) is 41.3 Å². The van der Waals surface area contributed by atoms with E-state index in [9.17, 15) is 21.6 Å². The summed E-state index contributed by atoms with van der Waals surface area (Å²) in [6, 6.07) is 10.5. The lowest BCUT2D eigenvalue weighted by Gasteiger charge is -2.36. The van der Waals surface area contributed by atoms with Gasteiger partial charge in [0.15, 0.2) is 5.75 Å². The molecule has 186 valence electrons. The number of fused-ring (bicyclic) bond motifs is 1. The molecule has 2 N–H and O–H groups in total. The van der Waals surface area contributed by atoms with Gasteiger partial charge in [-0.2, -0.15) is 13.2 Å². The lowest BCUT2D eigenvalue weighted by molar-refractivity contribution is -0.192. The van der Waals surface area contributed by atoms with Gasteiger partial charge in [-0.1, -0.05) is 23.7 Å². The van der Waals surface area contributed by atoms with E-state index < -0.39 is 22.2 Å². The van der Waals surface area contributed by atoms with E-state index in [2.05, 4.69) is 16.3 Å². The van der Waals surface area contributed by atoms with Crippen molar-refractivity contribution in [2.45, 2.75) is 18.0 Å². The van der Waals surface area contributed by atoms with E-state index in [1.54, 1.807) is 24.3 Å². The predicted octanol–water partition coefficient (Wildman–Crippen LogP) is 3.28. The number of piperazine rings is 1. The molecular formula is C21H23ClF3N3O5S. The average molecular weight is 522 g/mol. The van der Waals surface area contributed by atoms with E-state index >= 15 is 0 Å². The topological polar surface area (TPSA) is 99.2 Å². The first kappa shape index (κ1) is 25.9. The Kier molecular flexibility index (Phi) is 7.84. The third kappa shape index (κ3) is 5.68. The van der Waals surface area contributed by atoms with Gasteiger partial charge in [0, 0.05) is 26.2 Å². The van der Waals surface area contributed by atoms with E-state index in [1.807, 2.05) is 13.0 Å². The van der Waals surface area contributed by atoms with Crippen LogP contribution in [-0.2, 0) is 14.8 Å². The molecule has 2 aliphatic rings. The number of anilines is 2. The van der Waals surface area contributed by atoms with Crippen molar-refractivity contribution in [3.05, 3.63) is 47.0 Å². The second-order valence-electron chi connectivity index (χ2n) is 7.53. The van der Waals surface area contributed by atoms with Gasteiger partial charge in [-0.05, 0) is 36.8 Å². The van der Waals surface area contributed by atoms with Crippen LogP contribution in [0.25, 0.3) is 0 Å². The van der Waals surface area contributed by atoms with Gasteiger partial charge in [-0.15, -0.1) is 0 Å².